The van der Waals surface area contributed by atoms with Gasteiger partial charge >= 0.3 is 5.97 Å². The Morgan fingerprint density at radius 2 is 1.87 bits per heavy atom. The number of hydrogen-bond donors (Lipinski definition) is 1. The van der Waals surface area contributed by atoms with Crippen molar-refractivity contribution < 1.29 is 14.6 Å². The predicted octanol–water partition coefficient (Wildman–Crippen LogP) is 6.50. The van der Waals surface area contributed by atoms with Gasteiger partial charge in [0.1, 0.15) is 0 Å². The SMILES string of the molecule is C/C=C(\CC[C@H](C)C1CCC2C3CC[C@@]4(O)OC(=O)C[C@]4(C)C3CC[C@@]21C)C(C)C. The van der Waals surface area contributed by atoms with Crippen molar-refractivity contribution in [3.05, 3.63) is 11.6 Å². The molecule has 0 radical (unpaired) electrons. The van der Waals surface area contributed by atoms with E-state index < -0.39 is 11.2 Å². The van der Waals surface area contributed by atoms with Crippen LogP contribution in [0.2, 0.25) is 0 Å². The topological polar surface area (TPSA) is 46.5 Å². The molecule has 1 heterocycles. The predicted molar refractivity (Wildman–Crippen MR) is 121 cm³/mol. The smallest absolute Gasteiger partial charge is 0.309 e. The van der Waals surface area contributed by atoms with Crippen LogP contribution < -0.4 is 0 Å². The van der Waals surface area contributed by atoms with Crippen molar-refractivity contribution >= 4 is 5.97 Å². The molecule has 170 valence electrons. The average Bonchev–Trinajstić information content (AvgIpc) is 3.14. The monoisotopic (exact) mass is 416 g/mol. The van der Waals surface area contributed by atoms with E-state index in [0.29, 0.717) is 36.0 Å². The third-order valence-corrected chi connectivity index (χ3v) is 10.5. The van der Waals surface area contributed by atoms with Crippen LogP contribution in [-0.4, -0.2) is 16.9 Å². The molecule has 4 unspecified atom stereocenters. The third kappa shape index (κ3) is 3.21. The van der Waals surface area contributed by atoms with Crippen LogP contribution in [0, 0.1) is 46.3 Å². The van der Waals surface area contributed by atoms with E-state index in [1.54, 1.807) is 5.57 Å². The first-order valence-electron chi connectivity index (χ1n) is 12.6. The molecular formula is C27H44O3. The highest BCUT2D eigenvalue weighted by Crippen LogP contribution is 2.69. The second-order valence-electron chi connectivity index (χ2n) is 12.0. The summed E-state index contributed by atoms with van der Waals surface area (Å²) in [5.41, 5.74) is 1.63. The molecule has 4 fully saturated rings. The van der Waals surface area contributed by atoms with Crippen molar-refractivity contribution in [1.29, 1.82) is 0 Å². The first kappa shape index (κ1) is 22.4. The number of ether oxygens (including phenoxy) is 1. The normalized spacial score (nSPS) is 46.9. The van der Waals surface area contributed by atoms with Crippen molar-refractivity contribution in [2.24, 2.45) is 46.3 Å². The molecule has 3 heteroatoms. The highest BCUT2D eigenvalue weighted by molar-refractivity contribution is 5.73. The van der Waals surface area contributed by atoms with Gasteiger partial charge in [-0.15, -0.1) is 0 Å². The van der Waals surface area contributed by atoms with E-state index in [1.807, 2.05) is 0 Å². The minimum Gasteiger partial charge on any atom is -0.433 e. The minimum atomic E-state index is -1.22. The molecule has 1 N–H and O–H groups in total. The molecule has 0 spiro atoms. The quantitative estimate of drug-likeness (QED) is 0.411. The summed E-state index contributed by atoms with van der Waals surface area (Å²) in [5, 5.41) is 11.2. The molecule has 1 aliphatic heterocycles. The van der Waals surface area contributed by atoms with Gasteiger partial charge in [-0.2, -0.15) is 0 Å². The summed E-state index contributed by atoms with van der Waals surface area (Å²) in [6, 6.07) is 0. The lowest BCUT2D eigenvalue weighted by molar-refractivity contribution is -0.269. The second kappa shape index (κ2) is 7.64. The van der Waals surface area contributed by atoms with Gasteiger partial charge in [-0.05, 0) is 92.8 Å². The lowest BCUT2D eigenvalue weighted by atomic mass is 9.47. The van der Waals surface area contributed by atoms with E-state index in [4.69, 9.17) is 4.74 Å². The Labute approximate surface area is 184 Å². The Morgan fingerprint density at radius 1 is 1.13 bits per heavy atom. The first-order valence-corrected chi connectivity index (χ1v) is 12.6. The molecule has 30 heavy (non-hydrogen) atoms. The highest BCUT2D eigenvalue weighted by Gasteiger charge is 2.68. The third-order valence-electron chi connectivity index (χ3n) is 10.5. The summed E-state index contributed by atoms with van der Waals surface area (Å²) in [4.78, 5) is 12.1. The zero-order chi connectivity index (χ0) is 21.9. The van der Waals surface area contributed by atoms with Crippen LogP contribution >= 0.6 is 0 Å². The number of carbonyl (C=O) groups excluding carboxylic acids is 1. The van der Waals surface area contributed by atoms with Crippen LogP contribution in [0.15, 0.2) is 11.6 Å². The number of allylic oxidation sites excluding steroid dienone is 2. The maximum absolute atomic E-state index is 12.1. The fourth-order valence-corrected chi connectivity index (χ4v) is 8.72. The van der Waals surface area contributed by atoms with Crippen LogP contribution in [0.1, 0.15) is 99.3 Å². The van der Waals surface area contributed by atoms with E-state index in [-0.39, 0.29) is 5.97 Å². The molecule has 4 aliphatic rings. The molecule has 3 saturated carbocycles. The van der Waals surface area contributed by atoms with Gasteiger partial charge in [-0.3, -0.25) is 4.79 Å². The largest absolute Gasteiger partial charge is 0.433 e. The van der Waals surface area contributed by atoms with E-state index in [9.17, 15) is 9.90 Å². The average molecular weight is 417 g/mol. The molecule has 3 aliphatic carbocycles. The summed E-state index contributed by atoms with van der Waals surface area (Å²) in [7, 11) is 0. The first-order chi connectivity index (χ1) is 14.1. The summed E-state index contributed by atoms with van der Waals surface area (Å²) < 4.78 is 5.50. The Balaban J connectivity index is 1.50. The van der Waals surface area contributed by atoms with Gasteiger partial charge in [0.2, 0.25) is 5.79 Å². The fourth-order valence-electron chi connectivity index (χ4n) is 8.72. The van der Waals surface area contributed by atoms with Crippen molar-refractivity contribution in [3.8, 4) is 0 Å². The number of esters is 1. The maximum atomic E-state index is 12.1. The summed E-state index contributed by atoms with van der Waals surface area (Å²) >= 11 is 0. The Bertz CT molecular complexity index is 711. The standard InChI is InChI=1S/C27H44O3/c1-7-19(17(2)3)9-8-18(4)21-10-11-22-20-12-15-27(29)26(6,16-24(28)30-27)23(20)13-14-25(21,22)5/h7,17-18,20-23,29H,8-16H2,1-6H3/b19-7+/t18-,20?,21?,22?,23?,25+,26+,27+/m0/s1. The lowest BCUT2D eigenvalue weighted by Crippen LogP contribution is -2.58. The summed E-state index contributed by atoms with van der Waals surface area (Å²) in [5.74, 6) is 2.62. The van der Waals surface area contributed by atoms with Gasteiger partial charge in [-0.25, -0.2) is 0 Å². The highest BCUT2D eigenvalue weighted by atomic mass is 16.7. The van der Waals surface area contributed by atoms with Crippen LogP contribution in [0.3, 0.4) is 0 Å². The molecule has 0 aromatic carbocycles. The van der Waals surface area contributed by atoms with E-state index >= 15 is 0 Å². The zero-order valence-electron chi connectivity index (χ0n) is 20.2. The van der Waals surface area contributed by atoms with Gasteiger partial charge < -0.3 is 9.84 Å². The van der Waals surface area contributed by atoms with E-state index in [0.717, 1.165) is 30.6 Å². The van der Waals surface area contributed by atoms with Gasteiger partial charge in [0.15, 0.2) is 0 Å². The van der Waals surface area contributed by atoms with Crippen LogP contribution in [0.25, 0.3) is 0 Å². The molecule has 4 rings (SSSR count). The molecule has 0 bridgehead atoms. The lowest BCUT2D eigenvalue weighted by Gasteiger charge is -2.58. The number of fused-ring (bicyclic) bond motifs is 5. The van der Waals surface area contributed by atoms with Gasteiger partial charge in [-0.1, -0.05) is 46.3 Å². The van der Waals surface area contributed by atoms with Gasteiger partial charge in [0, 0.05) is 11.8 Å². The fraction of sp³-hybridized carbons (Fsp3) is 0.889. The Morgan fingerprint density at radius 3 is 2.53 bits per heavy atom. The molecule has 1 saturated heterocycles. The number of rotatable bonds is 5. The molecule has 0 amide bonds. The van der Waals surface area contributed by atoms with E-state index in [1.165, 1.54) is 32.1 Å². The van der Waals surface area contributed by atoms with Gasteiger partial charge in [0.25, 0.3) is 0 Å². The van der Waals surface area contributed by atoms with Crippen LogP contribution in [-0.2, 0) is 9.53 Å². The number of carbonyl (C=O) groups is 1. The zero-order valence-corrected chi connectivity index (χ0v) is 20.2. The van der Waals surface area contributed by atoms with Crippen molar-refractivity contribution in [1.82, 2.24) is 0 Å². The van der Waals surface area contributed by atoms with Crippen LogP contribution in [0.5, 0.6) is 0 Å². The van der Waals surface area contributed by atoms with Crippen molar-refractivity contribution in [3.63, 3.8) is 0 Å². The molecule has 8 atom stereocenters. The van der Waals surface area contributed by atoms with Crippen molar-refractivity contribution in [2.45, 2.75) is 105 Å². The minimum absolute atomic E-state index is 0.197. The summed E-state index contributed by atoms with van der Waals surface area (Å²) in [6.45, 7) is 14.0. The maximum Gasteiger partial charge on any atom is 0.309 e. The van der Waals surface area contributed by atoms with E-state index in [2.05, 4.69) is 47.6 Å². The molecule has 0 aromatic rings. The van der Waals surface area contributed by atoms with Crippen molar-refractivity contribution in [2.75, 3.05) is 0 Å². The van der Waals surface area contributed by atoms with Crippen LogP contribution in [0.4, 0.5) is 0 Å². The van der Waals surface area contributed by atoms with Gasteiger partial charge in [0.05, 0.1) is 6.42 Å². The molecular weight excluding hydrogens is 372 g/mol. The number of aliphatic hydroxyl groups is 1. The second-order valence-corrected chi connectivity index (χ2v) is 12.0. The molecule has 0 aromatic heterocycles. The number of hydrogen-bond acceptors (Lipinski definition) is 3. The Kier molecular flexibility index (Phi) is 5.70. The molecule has 3 nitrogen and oxygen atoms in total. The Hall–Kier alpha value is -0.830. The summed E-state index contributed by atoms with van der Waals surface area (Å²) in [6.07, 6.45) is 12.0.